The smallest absolute Gasteiger partial charge is 0.131 e. The number of alkyl halides is 1. The van der Waals surface area contributed by atoms with Crippen molar-refractivity contribution in [2.45, 2.75) is 38.4 Å². The summed E-state index contributed by atoms with van der Waals surface area (Å²) in [6, 6.07) is 1.94. The molecule has 2 aromatic heterocycles. The fourth-order valence-corrected chi connectivity index (χ4v) is 1.96. The van der Waals surface area contributed by atoms with Crippen LogP contribution in [0.3, 0.4) is 0 Å². The van der Waals surface area contributed by atoms with Gasteiger partial charge in [0.05, 0.1) is 23.3 Å². The van der Waals surface area contributed by atoms with E-state index in [2.05, 4.69) is 23.8 Å². The van der Waals surface area contributed by atoms with Crippen LogP contribution in [0.1, 0.15) is 38.1 Å². The molecule has 1 fully saturated rings. The average molecular weight is 219 g/mol. The van der Waals surface area contributed by atoms with Crippen LogP contribution in [0.15, 0.2) is 18.5 Å². The Labute approximate surface area is 93.3 Å². The predicted octanol–water partition coefficient (Wildman–Crippen LogP) is 2.84. The van der Waals surface area contributed by atoms with Crippen molar-refractivity contribution in [2.75, 3.05) is 0 Å². The average Bonchev–Trinajstić information content (AvgIpc) is 2.84. The summed E-state index contributed by atoms with van der Waals surface area (Å²) < 4.78 is 15.0. The van der Waals surface area contributed by atoms with Crippen molar-refractivity contribution in [1.82, 2.24) is 14.5 Å². The molecule has 2 unspecified atom stereocenters. The number of hydrogen-bond donors (Lipinski definition) is 0. The van der Waals surface area contributed by atoms with Gasteiger partial charge in [-0.15, -0.1) is 0 Å². The van der Waals surface area contributed by atoms with Gasteiger partial charge in [0.25, 0.3) is 0 Å². The third-order valence-electron chi connectivity index (χ3n) is 3.04. The summed E-state index contributed by atoms with van der Waals surface area (Å²) in [5, 5.41) is 0. The lowest BCUT2D eigenvalue weighted by Crippen LogP contribution is -1.99. The molecule has 4 heteroatoms. The van der Waals surface area contributed by atoms with Gasteiger partial charge in [-0.25, -0.2) is 14.4 Å². The van der Waals surface area contributed by atoms with Gasteiger partial charge >= 0.3 is 0 Å². The molecule has 0 amide bonds. The van der Waals surface area contributed by atoms with Crippen LogP contribution in [-0.2, 0) is 0 Å². The van der Waals surface area contributed by atoms with Gasteiger partial charge in [0.1, 0.15) is 12.0 Å². The highest BCUT2D eigenvalue weighted by molar-refractivity contribution is 5.75. The minimum Gasteiger partial charge on any atom is -0.339 e. The van der Waals surface area contributed by atoms with Crippen LogP contribution >= 0.6 is 0 Å². The van der Waals surface area contributed by atoms with Gasteiger partial charge in [-0.05, 0) is 6.07 Å². The molecule has 1 aliphatic carbocycles. The van der Waals surface area contributed by atoms with Crippen LogP contribution < -0.4 is 0 Å². The van der Waals surface area contributed by atoms with Gasteiger partial charge in [-0.3, -0.25) is 0 Å². The van der Waals surface area contributed by atoms with Gasteiger partial charge in [-0.1, -0.05) is 13.8 Å². The molecule has 16 heavy (non-hydrogen) atoms. The fourth-order valence-electron chi connectivity index (χ4n) is 1.96. The Hall–Kier alpha value is -1.45. The van der Waals surface area contributed by atoms with E-state index < -0.39 is 6.17 Å². The molecule has 1 aliphatic rings. The summed E-state index contributed by atoms with van der Waals surface area (Å²) in [6.45, 7) is 4.13. The molecular formula is C12H14FN3. The van der Waals surface area contributed by atoms with Crippen LogP contribution in [-0.4, -0.2) is 20.7 Å². The molecule has 2 atom stereocenters. The molecule has 84 valence electrons. The Morgan fingerprint density at radius 2 is 2.25 bits per heavy atom. The van der Waals surface area contributed by atoms with E-state index in [1.54, 1.807) is 0 Å². The Kier molecular flexibility index (Phi) is 1.99. The Bertz CT molecular complexity index is 532. The molecule has 2 heterocycles. The molecular weight excluding hydrogens is 205 g/mol. The van der Waals surface area contributed by atoms with E-state index in [0.717, 1.165) is 16.9 Å². The summed E-state index contributed by atoms with van der Waals surface area (Å²) in [5.41, 5.74) is 1.85. The quantitative estimate of drug-likeness (QED) is 0.777. The van der Waals surface area contributed by atoms with E-state index in [0.29, 0.717) is 12.3 Å². The number of rotatable bonds is 2. The molecule has 0 spiro atoms. The largest absolute Gasteiger partial charge is 0.339 e. The highest BCUT2D eigenvalue weighted by atomic mass is 19.1. The number of nitrogens with zero attached hydrogens (tertiary/aromatic N) is 3. The molecule has 0 saturated heterocycles. The van der Waals surface area contributed by atoms with Crippen LogP contribution in [0.5, 0.6) is 0 Å². The maximum atomic E-state index is 13.0. The second kappa shape index (κ2) is 3.27. The highest BCUT2D eigenvalue weighted by Crippen LogP contribution is 2.40. The van der Waals surface area contributed by atoms with Gasteiger partial charge in [0.15, 0.2) is 0 Å². The third kappa shape index (κ3) is 1.40. The SMILES string of the molecule is CC(C)c1ncc2c(ccn2C2CC2F)n1. The summed E-state index contributed by atoms with van der Waals surface area (Å²) in [6.07, 6.45) is 3.65. The molecule has 0 radical (unpaired) electrons. The number of fused-ring (bicyclic) bond motifs is 1. The summed E-state index contributed by atoms with van der Waals surface area (Å²) >= 11 is 0. The molecule has 0 aromatic carbocycles. The van der Waals surface area contributed by atoms with Crippen LogP contribution in [0.25, 0.3) is 11.0 Å². The van der Waals surface area contributed by atoms with E-state index in [1.165, 1.54) is 0 Å². The lowest BCUT2D eigenvalue weighted by molar-refractivity contribution is 0.445. The van der Waals surface area contributed by atoms with Crippen LogP contribution in [0.4, 0.5) is 4.39 Å². The van der Waals surface area contributed by atoms with Gasteiger partial charge in [-0.2, -0.15) is 0 Å². The first-order valence-corrected chi connectivity index (χ1v) is 5.64. The first kappa shape index (κ1) is 9.75. The summed E-state index contributed by atoms with van der Waals surface area (Å²) in [4.78, 5) is 8.80. The monoisotopic (exact) mass is 219 g/mol. The van der Waals surface area contributed by atoms with E-state index in [-0.39, 0.29) is 6.04 Å². The van der Waals surface area contributed by atoms with Crippen LogP contribution in [0, 0.1) is 0 Å². The lowest BCUT2D eigenvalue weighted by Gasteiger charge is -2.05. The Balaban J connectivity index is 2.08. The normalized spacial score (nSPS) is 24.2. The zero-order valence-corrected chi connectivity index (χ0v) is 9.39. The van der Waals surface area contributed by atoms with Crippen molar-refractivity contribution in [1.29, 1.82) is 0 Å². The number of halogens is 1. The zero-order chi connectivity index (χ0) is 11.3. The number of aromatic nitrogens is 3. The van der Waals surface area contributed by atoms with E-state index in [1.807, 2.05) is 23.0 Å². The Morgan fingerprint density at radius 3 is 2.88 bits per heavy atom. The predicted molar refractivity (Wildman–Crippen MR) is 60.2 cm³/mol. The fraction of sp³-hybridized carbons (Fsp3) is 0.500. The molecule has 0 N–H and O–H groups in total. The first-order valence-electron chi connectivity index (χ1n) is 5.64. The lowest BCUT2D eigenvalue weighted by atomic mass is 10.2. The highest BCUT2D eigenvalue weighted by Gasteiger charge is 2.39. The molecule has 0 bridgehead atoms. The van der Waals surface area contributed by atoms with Gasteiger partial charge in [0, 0.05) is 18.5 Å². The van der Waals surface area contributed by atoms with Gasteiger partial charge < -0.3 is 4.57 Å². The summed E-state index contributed by atoms with van der Waals surface area (Å²) in [7, 11) is 0. The molecule has 0 aliphatic heterocycles. The second-order valence-electron chi connectivity index (χ2n) is 4.70. The van der Waals surface area contributed by atoms with Crippen molar-refractivity contribution >= 4 is 11.0 Å². The Morgan fingerprint density at radius 1 is 1.50 bits per heavy atom. The molecule has 3 nitrogen and oxygen atoms in total. The maximum absolute atomic E-state index is 13.0. The minimum absolute atomic E-state index is 0.00556. The topological polar surface area (TPSA) is 30.7 Å². The molecule has 2 aromatic rings. The standard InChI is InChI=1S/C12H14FN3/c1-7(2)12-14-6-11-9(15-12)3-4-16(11)10-5-8(10)13/h3-4,6-8,10H,5H2,1-2H3. The van der Waals surface area contributed by atoms with E-state index in [9.17, 15) is 4.39 Å². The summed E-state index contributed by atoms with van der Waals surface area (Å²) in [5.74, 6) is 1.17. The van der Waals surface area contributed by atoms with Crippen molar-refractivity contribution < 1.29 is 4.39 Å². The second-order valence-corrected chi connectivity index (χ2v) is 4.70. The first-order chi connectivity index (χ1) is 7.66. The van der Waals surface area contributed by atoms with E-state index in [4.69, 9.17) is 0 Å². The minimum atomic E-state index is -0.694. The van der Waals surface area contributed by atoms with E-state index >= 15 is 0 Å². The zero-order valence-electron chi connectivity index (χ0n) is 9.39. The van der Waals surface area contributed by atoms with Crippen molar-refractivity contribution in [3.05, 3.63) is 24.3 Å². The third-order valence-corrected chi connectivity index (χ3v) is 3.04. The molecule has 1 saturated carbocycles. The van der Waals surface area contributed by atoms with Crippen molar-refractivity contribution in [3.8, 4) is 0 Å². The van der Waals surface area contributed by atoms with Crippen molar-refractivity contribution in [3.63, 3.8) is 0 Å². The van der Waals surface area contributed by atoms with Crippen molar-refractivity contribution in [2.24, 2.45) is 0 Å². The maximum Gasteiger partial charge on any atom is 0.131 e. The van der Waals surface area contributed by atoms with Gasteiger partial charge in [0.2, 0.25) is 0 Å². The van der Waals surface area contributed by atoms with Crippen LogP contribution in [0.2, 0.25) is 0 Å². The number of hydrogen-bond acceptors (Lipinski definition) is 2. The molecule has 3 rings (SSSR count).